The van der Waals surface area contributed by atoms with Gasteiger partial charge in [-0.15, -0.1) is 0 Å². The molecule has 2 nitrogen and oxygen atoms in total. The summed E-state index contributed by atoms with van der Waals surface area (Å²) in [4.78, 5) is 0. The van der Waals surface area contributed by atoms with E-state index in [1.54, 1.807) is 0 Å². The van der Waals surface area contributed by atoms with E-state index in [0.29, 0.717) is 8.95 Å². The van der Waals surface area contributed by atoms with Gasteiger partial charge in [-0.25, -0.2) is 0 Å². The number of hydrogen-bond donors (Lipinski definition) is 2. The van der Waals surface area contributed by atoms with Gasteiger partial charge in [-0.05, 0) is 37.9 Å². The summed E-state index contributed by atoms with van der Waals surface area (Å²) in [7, 11) is 0. The molecule has 8 heteroatoms. The zero-order chi connectivity index (χ0) is 13.4. The van der Waals surface area contributed by atoms with Crippen LogP contribution < -0.4 is 5.73 Å². The number of nitrogens with two attached hydrogens (primary N) is 1. The molecule has 1 atom stereocenters. The summed E-state index contributed by atoms with van der Waals surface area (Å²) in [5.41, 5.74) is 5.68. The van der Waals surface area contributed by atoms with E-state index >= 15 is 0 Å². The van der Waals surface area contributed by atoms with Crippen molar-refractivity contribution in [3.63, 3.8) is 0 Å². The first-order chi connectivity index (χ1) is 7.63. The summed E-state index contributed by atoms with van der Waals surface area (Å²) in [6.07, 6.45) is -5.52. The first-order valence-electron chi connectivity index (χ1n) is 4.32. The molecule has 0 fully saturated rings. The first kappa shape index (κ1) is 15.3. The highest BCUT2D eigenvalue weighted by Gasteiger charge is 2.33. The van der Waals surface area contributed by atoms with Gasteiger partial charge in [0.25, 0.3) is 0 Å². The number of alkyl halides is 3. The Morgan fingerprint density at radius 3 is 2.24 bits per heavy atom. The van der Waals surface area contributed by atoms with Gasteiger partial charge < -0.3 is 10.8 Å². The monoisotopic (exact) mass is 439 g/mol. The molecule has 0 spiro atoms. The second-order valence-electron chi connectivity index (χ2n) is 3.34. The van der Waals surface area contributed by atoms with Crippen molar-refractivity contribution in [2.24, 2.45) is 5.73 Å². The van der Waals surface area contributed by atoms with Crippen LogP contribution in [0.1, 0.15) is 18.0 Å². The maximum atomic E-state index is 12.3. The molecule has 17 heavy (non-hydrogen) atoms. The lowest BCUT2D eigenvalue weighted by molar-refractivity contribution is -0.138. The molecule has 0 aliphatic heterocycles. The van der Waals surface area contributed by atoms with Gasteiger partial charge in [0.1, 0.15) is 5.75 Å². The lowest BCUT2D eigenvalue weighted by atomic mass is 10.0. The van der Waals surface area contributed by atoms with Crippen LogP contribution in [-0.2, 0) is 0 Å². The summed E-state index contributed by atoms with van der Waals surface area (Å²) in [5.74, 6) is -0.180. The molecule has 0 bridgehead atoms. The maximum Gasteiger partial charge on any atom is 0.390 e. The summed E-state index contributed by atoms with van der Waals surface area (Å²) < 4.78 is 37.7. The smallest absolute Gasteiger partial charge is 0.390 e. The molecule has 1 rings (SSSR count). The van der Waals surface area contributed by atoms with Crippen LogP contribution in [-0.4, -0.2) is 11.3 Å². The van der Waals surface area contributed by atoms with Crippen LogP contribution in [0, 0.1) is 0 Å². The Morgan fingerprint density at radius 2 is 1.76 bits per heavy atom. The van der Waals surface area contributed by atoms with Gasteiger partial charge in [-0.2, -0.15) is 13.2 Å². The van der Waals surface area contributed by atoms with Crippen LogP contribution in [0.2, 0.25) is 0 Å². The number of halogens is 6. The first-order valence-corrected chi connectivity index (χ1v) is 6.70. The highest BCUT2D eigenvalue weighted by atomic mass is 79.9. The Morgan fingerprint density at radius 1 is 1.24 bits per heavy atom. The molecule has 3 N–H and O–H groups in total. The minimum absolute atomic E-state index is 0.149. The third kappa shape index (κ3) is 3.84. The van der Waals surface area contributed by atoms with Gasteiger partial charge in [-0.3, -0.25) is 0 Å². The number of phenolic OH excluding ortho intramolecular Hbond substituents is 1. The zero-order valence-electron chi connectivity index (χ0n) is 8.15. The molecule has 96 valence electrons. The summed E-state index contributed by atoms with van der Waals surface area (Å²) in [5, 5.41) is 9.61. The van der Waals surface area contributed by atoms with Crippen molar-refractivity contribution in [2.45, 2.75) is 18.6 Å². The van der Waals surface area contributed by atoms with Crippen molar-refractivity contribution in [3.05, 3.63) is 25.0 Å². The molecular formula is C9H7Br3F3NO. The number of phenols is 1. The Bertz CT molecular complexity index is 436. The van der Waals surface area contributed by atoms with Crippen molar-refractivity contribution in [1.29, 1.82) is 0 Å². The number of aromatic hydroxyl groups is 1. The molecule has 0 aromatic heterocycles. The fraction of sp³-hybridized carbons (Fsp3) is 0.333. The van der Waals surface area contributed by atoms with E-state index in [0.717, 1.165) is 0 Å². The molecule has 0 amide bonds. The fourth-order valence-corrected chi connectivity index (χ4v) is 3.99. The van der Waals surface area contributed by atoms with Crippen molar-refractivity contribution < 1.29 is 18.3 Å². The molecule has 1 aromatic carbocycles. The topological polar surface area (TPSA) is 46.2 Å². The van der Waals surface area contributed by atoms with E-state index in [1.807, 2.05) is 0 Å². The molecule has 0 saturated carbocycles. The van der Waals surface area contributed by atoms with E-state index in [2.05, 4.69) is 47.8 Å². The Balaban J connectivity index is 3.18. The van der Waals surface area contributed by atoms with Gasteiger partial charge in [-0.1, -0.05) is 15.9 Å². The van der Waals surface area contributed by atoms with Crippen molar-refractivity contribution in [1.82, 2.24) is 0 Å². The van der Waals surface area contributed by atoms with Crippen molar-refractivity contribution in [3.8, 4) is 5.75 Å². The lowest BCUT2D eigenvalue weighted by Gasteiger charge is -2.18. The number of rotatable bonds is 2. The van der Waals surface area contributed by atoms with E-state index in [1.165, 1.54) is 6.07 Å². The van der Waals surface area contributed by atoms with E-state index in [-0.39, 0.29) is 15.8 Å². The van der Waals surface area contributed by atoms with Crippen molar-refractivity contribution in [2.75, 3.05) is 0 Å². The minimum atomic E-state index is -4.36. The third-order valence-electron chi connectivity index (χ3n) is 2.00. The molecule has 0 radical (unpaired) electrons. The fourth-order valence-electron chi connectivity index (χ4n) is 1.29. The molecule has 0 saturated heterocycles. The summed E-state index contributed by atoms with van der Waals surface area (Å²) >= 11 is 9.22. The predicted octanol–water partition coefficient (Wildman–Crippen LogP) is 4.63. The number of benzene rings is 1. The van der Waals surface area contributed by atoms with E-state index < -0.39 is 18.6 Å². The molecule has 1 aromatic rings. The zero-order valence-corrected chi connectivity index (χ0v) is 12.9. The van der Waals surface area contributed by atoms with Crippen LogP contribution in [0.25, 0.3) is 0 Å². The van der Waals surface area contributed by atoms with Crippen LogP contribution in [0.15, 0.2) is 19.5 Å². The van der Waals surface area contributed by atoms with Gasteiger partial charge >= 0.3 is 6.18 Å². The largest absolute Gasteiger partial charge is 0.506 e. The predicted molar refractivity (Wildman–Crippen MR) is 68.8 cm³/mol. The second kappa shape index (κ2) is 5.46. The standard InChI is InChI=1S/C9H7Br3F3NO/c10-3-1-4(11)8(17)7(12)6(3)5(16)2-9(13,14)15/h1,5,17H,2,16H2/t5-/m0/s1. The van der Waals surface area contributed by atoms with Gasteiger partial charge in [0.05, 0.1) is 15.4 Å². The molecule has 0 aliphatic carbocycles. The van der Waals surface area contributed by atoms with E-state index in [9.17, 15) is 18.3 Å². The lowest BCUT2D eigenvalue weighted by Crippen LogP contribution is -2.21. The normalized spacial score (nSPS) is 13.8. The average Bonchev–Trinajstić information content (AvgIpc) is 2.11. The highest BCUT2D eigenvalue weighted by molar-refractivity contribution is 9.11. The SMILES string of the molecule is N[C@@H](CC(F)(F)F)c1c(Br)cc(Br)c(O)c1Br. The Hall–Kier alpha value is 0.210. The average molecular weight is 442 g/mol. The molecule has 0 unspecified atom stereocenters. The maximum absolute atomic E-state index is 12.3. The second-order valence-corrected chi connectivity index (χ2v) is 5.84. The van der Waals surface area contributed by atoms with Gasteiger partial charge in [0, 0.05) is 16.1 Å². The Labute approximate surface area is 121 Å². The van der Waals surface area contributed by atoms with Crippen LogP contribution in [0.5, 0.6) is 5.75 Å². The molecule has 0 aliphatic rings. The molecular weight excluding hydrogens is 435 g/mol. The minimum Gasteiger partial charge on any atom is -0.506 e. The molecule has 0 heterocycles. The van der Waals surface area contributed by atoms with Crippen LogP contribution in [0.4, 0.5) is 13.2 Å². The number of hydrogen-bond acceptors (Lipinski definition) is 2. The van der Waals surface area contributed by atoms with Gasteiger partial charge in [0.15, 0.2) is 0 Å². The van der Waals surface area contributed by atoms with E-state index in [4.69, 9.17) is 5.73 Å². The highest BCUT2D eigenvalue weighted by Crippen LogP contribution is 2.43. The third-order valence-corrected chi connectivity index (χ3v) is 4.07. The van der Waals surface area contributed by atoms with Crippen LogP contribution >= 0.6 is 47.8 Å². The van der Waals surface area contributed by atoms with Gasteiger partial charge in [0.2, 0.25) is 0 Å². The summed E-state index contributed by atoms with van der Waals surface area (Å²) in [6, 6.07) is 0.198. The van der Waals surface area contributed by atoms with Crippen molar-refractivity contribution >= 4 is 47.8 Å². The van der Waals surface area contributed by atoms with Crippen LogP contribution in [0.3, 0.4) is 0 Å². The quantitative estimate of drug-likeness (QED) is 0.702. The Kier molecular flexibility index (Phi) is 4.90. The summed E-state index contributed by atoms with van der Waals surface area (Å²) in [6.45, 7) is 0.